The van der Waals surface area contributed by atoms with Crippen LogP contribution in [0.5, 0.6) is 11.5 Å². The second-order valence-corrected chi connectivity index (χ2v) is 6.83. The first kappa shape index (κ1) is 16.3. The van der Waals surface area contributed by atoms with Gasteiger partial charge in [0.25, 0.3) is 0 Å². The zero-order valence-corrected chi connectivity index (χ0v) is 14.3. The van der Waals surface area contributed by atoms with Crippen molar-refractivity contribution in [3.8, 4) is 11.5 Å². The van der Waals surface area contributed by atoms with Crippen LogP contribution in [0.3, 0.4) is 0 Å². The Morgan fingerprint density at radius 2 is 1.46 bits per heavy atom. The van der Waals surface area contributed by atoms with E-state index in [-0.39, 0.29) is 17.3 Å². The summed E-state index contributed by atoms with van der Waals surface area (Å²) in [5, 5.41) is 0. The number of hydrogen-bond acceptors (Lipinski definition) is 3. The number of Topliss-reactive ketones (excluding diaryl/α,β-unsaturated/α-hetero) is 1. The van der Waals surface area contributed by atoms with Crippen molar-refractivity contribution < 1.29 is 14.3 Å². The molecule has 1 atom stereocenters. The molecule has 0 heterocycles. The number of ketones is 1. The Morgan fingerprint density at radius 3 is 2.04 bits per heavy atom. The molecule has 0 radical (unpaired) electrons. The second kappa shape index (κ2) is 6.52. The molecule has 0 N–H and O–H groups in total. The molecule has 1 aliphatic rings. The summed E-state index contributed by atoms with van der Waals surface area (Å²) in [6.07, 6.45) is 0.181. The van der Waals surface area contributed by atoms with Crippen LogP contribution in [0.1, 0.15) is 27.2 Å². The molecule has 3 nitrogen and oxygen atoms in total. The maximum atomic E-state index is 12.6. The summed E-state index contributed by atoms with van der Waals surface area (Å²) in [5.41, 5.74) is 0.546. The first-order valence-electron chi connectivity index (χ1n) is 8.16. The fourth-order valence-electron chi connectivity index (χ4n) is 3.14. The third-order valence-corrected chi connectivity index (χ3v) is 4.29. The Morgan fingerprint density at radius 1 is 0.917 bits per heavy atom. The summed E-state index contributed by atoms with van der Waals surface area (Å²) in [4.78, 5) is 12.6. The second-order valence-electron chi connectivity index (χ2n) is 6.83. The minimum absolute atomic E-state index is 0.0225. The van der Waals surface area contributed by atoms with Crippen LogP contribution in [-0.4, -0.2) is 11.9 Å². The minimum atomic E-state index is -0.291. The zero-order chi connectivity index (χ0) is 17.2. The fraction of sp³-hybridized carbons (Fsp3) is 0.286. The van der Waals surface area contributed by atoms with Crippen molar-refractivity contribution >= 4 is 5.78 Å². The van der Waals surface area contributed by atoms with E-state index in [1.165, 1.54) is 0 Å². The summed E-state index contributed by atoms with van der Waals surface area (Å²) >= 11 is 0. The van der Waals surface area contributed by atoms with E-state index in [9.17, 15) is 4.79 Å². The molecule has 2 aromatic rings. The van der Waals surface area contributed by atoms with Crippen molar-refractivity contribution in [1.29, 1.82) is 0 Å². The number of rotatable bonds is 4. The lowest BCUT2D eigenvalue weighted by Crippen LogP contribution is -2.43. The van der Waals surface area contributed by atoms with Crippen LogP contribution in [-0.2, 0) is 4.79 Å². The van der Waals surface area contributed by atoms with Crippen molar-refractivity contribution in [2.75, 3.05) is 0 Å². The third-order valence-electron chi connectivity index (χ3n) is 4.29. The van der Waals surface area contributed by atoms with Gasteiger partial charge in [-0.25, -0.2) is 0 Å². The highest BCUT2D eigenvalue weighted by molar-refractivity contribution is 5.96. The van der Waals surface area contributed by atoms with Gasteiger partial charge < -0.3 is 9.47 Å². The van der Waals surface area contributed by atoms with E-state index in [0.717, 1.165) is 11.3 Å². The first-order valence-corrected chi connectivity index (χ1v) is 8.16. The van der Waals surface area contributed by atoms with Crippen LogP contribution >= 0.6 is 0 Å². The molecule has 1 aliphatic carbocycles. The summed E-state index contributed by atoms with van der Waals surface area (Å²) in [7, 11) is 0. The van der Waals surface area contributed by atoms with Gasteiger partial charge in [0.1, 0.15) is 17.6 Å². The predicted octanol–water partition coefficient (Wildman–Crippen LogP) is 4.79. The van der Waals surface area contributed by atoms with Crippen LogP contribution in [0.4, 0.5) is 0 Å². The Labute approximate surface area is 142 Å². The standard InChI is InChI=1S/C21H22O3/c1-15-19(23-16-10-6-4-7-11-16)18(22)14-21(2,3)20(15)24-17-12-8-5-9-13-17/h4-13,20H,14H2,1-3H3. The average Bonchev–Trinajstić information content (AvgIpc) is 2.57. The van der Waals surface area contributed by atoms with Gasteiger partial charge in [0.15, 0.2) is 11.5 Å². The highest BCUT2D eigenvalue weighted by atomic mass is 16.5. The number of para-hydroxylation sites is 2. The molecule has 0 amide bonds. The summed E-state index contributed by atoms with van der Waals surface area (Å²) < 4.78 is 12.1. The van der Waals surface area contributed by atoms with E-state index in [0.29, 0.717) is 17.9 Å². The van der Waals surface area contributed by atoms with Crippen molar-refractivity contribution in [2.45, 2.75) is 33.3 Å². The van der Waals surface area contributed by atoms with Crippen LogP contribution < -0.4 is 9.47 Å². The average molecular weight is 322 g/mol. The maximum absolute atomic E-state index is 12.6. The van der Waals surface area contributed by atoms with Crippen LogP contribution in [0.15, 0.2) is 72.0 Å². The molecule has 0 bridgehead atoms. The molecule has 24 heavy (non-hydrogen) atoms. The molecule has 2 aromatic carbocycles. The number of benzene rings is 2. The van der Waals surface area contributed by atoms with E-state index in [4.69, 9.17) is 9.47 Å². The largest absolute Gasteiger partial charge is 0.485 e. The molecule has 124 valence electrons. The van der Waals surface area contributed by atoms with Crippen LogP contribution in [0.2, 0.25) is 0 Å². The maximum Gasteiger partial charge on any atom is 0.198 e. The van der Waals surface area contributed by atoms with Gasteiger partial charge in [-0.3, -0.25) is 4.79 Å². The van der Waals surface area contributed by atoms with Gasteiger partial charge >= 0.3 is 0 Å². The van der Waals surface area contributed by atoms with E-state index in [1.54, 1.807) is 0 Å². The fourth-order valence-corrected chi connectivity index (χ4v) is 3.14. The summed E-state index contributed by atoms with van der Waals surface area (Å²) in [6.45, 7) is 6.04. The molecule has 3 heteroatoms. The van der Waals surface area contributed by atoms with Crippen molar-refractivity contribution in [3.63, 3.8) is 0 Å². The van der Waals surface area contributed by atoms with Crippen molar-refractivity contribution in [1.82, 2.24) is 0 Å². The van der Waals surface area contributed by atoms with Crippen molar-refractivity contribution in [3.05, 3.63) is 72.0 Å². The third kappa shape index (κ3) is 3.35. The molecule has 0 spiro atoms. The lowest BCUT2D eigenvalue weighted by atomic mass is 9.73. The molecular formula is C21H22O3. The van der Waals surface area contributed by atoms with Crippen LogP contribution in [0, 0.1) is 5.41 Å². The van der Waals surface area contributed by atoms with Gasteiger partial charge in [-0.2, -0.15) is 0 Å². The summed E-state index contributed by atoms with van der Waals surface area (Å²) in [5.74, 6) is 1.89. The molecule has 3 rings (SSSR count). The van der Waals surface area contributed by atoms with Gasteiger partial charge in [-0.05, 0) is 31.2 Å². The van der Waals surface area contributed by atoms with Gasteiger partial charge in [0.2, 0.25) is 0 Å². The topological polar surface area (TPSA) is 35.5 Å². The molecule has 0 fully saturated rings. The SMILES string of the molecule is CC1=C(Oc2ccccc2)C(=O)CC(C)(C)C1Oc1ccccc1. The van der Waals surface area contributed by atoms with E-state index in [2.05, 4.69) is 13.8 Å². The lowest BCUT2D eigenvalue weighted by Gasteiger charge is -2.39. The van der Waals surface area contributed by atoms with Gasteiger partial charge in [0.05, 0.1) is 0 Å². The quantitative estimate of drug-likeness (QED) is 0.812. The Bertz CT molecular complexity index is 745. The monoisotopic (exact) mass is 322 g/mol. The molecule has 0 saturated carbocycles. The van der Waals surface area contributed by atoms with Gasteiger partial charge in [0, 0.05) is 17.4 Å². The molecule has 0 aliphatic heterocycles. The number of carbonyl (C=O) groups is 1. The Hall–Kier alpha value is -2.55. The normalized spacial score (nSPS) is 20.0. The summed E-state index contributed by atoms with van der Waals surface area (Å²) in [6, 6.07) is 19.1. The smallest absolute Gasteiger partial charge is 0.198 e. The number of hydrogen-bond donors (Lipinski definition) is 0. The molecule has 1 unspecified atom stereocenters. The molecule has 0 saturated heterocycles. The molecular weight excluding hydrogens is 300 g/mol. The Kier molecular flexibility index (Phi) is 4.43. The Balaban J connectivity index is 1.94. The number of allylic oxidation sites excluding steroid dienone is 1. The van der Waals surface area contributed by atoms with Crippen LogP contribution in [0.25, 0.3) is 0 Å². The lowest BCUT2D eigenvalue weighted by molar-refractivity contribution is -0.122. The highest BCUT2D eigenvalue weighted by Crippen LogP contribution is 2.40. The number of carbonyl (C=O) groups excluding carboxylic acids is 1. The van der Waals surface area contributed by atoms with Gasteiger partial charge in [-0.15, -0.1) is 0 Å². The minimum Gasteiger partial charge on any atom is -0.485 e. The van der Waals surface area contributed by atoms with E-state index in [1.807, 2.05) is 67.6 Å². The predicted molar refractivity (Wildman–Crippen MR) is 94.0 cm³/mol. The van der Waals surface area contributed by atoms with Crippen molar-refractivity contribution in [2.24, 2.45) is 5.41 Å². The van der Waals surface area contributed by atoms with Gasteiger partial charge in [-0.1, -0.05) is 50.2 Å². The van der Waals surface area contributed by atoms with E-state index < -0.39 is 0 Å². The highest BCUT2D eigenvalue weighted by Gasteiger charge is 2.42. The molecule has 0 aromatic heterocycles. The zero-order valence-electron chi connectivity index (χ0n) is 14.3. The first-order chi connectivity index (χ1) is 11.5. The number of ether oxygens (including phenoxy) is 2. The van der Waals surface area contributed by atoms with E-state index >= 15 is 0 Å².